The van der Waals surface area contributed by atoms with Crippen molar-refractivity contribution < 1.29 is 17.9 Å². The van der Waals surface area contributed by atoms with E-state index >= 15 is 0 Å². The minimum absolute atomic E-state index is 0.0119. The van der Waals surface area contributed by atoms with Crippen molar-refractivity contribution in [1.29, 1.82) is 0 Å². The molecule has 0 spiro atoms. The number of benzene rings is 1. The molecular weight excluding hydrogens is 328 g/mol. The van der Waals surface area contributed by atoms with Gasteiger partial charge < -0.3 is 10.1 Å². The Morgan fingerprint density at radius 2 is 1.79 bits per heavy atom. The number of piperidine rings is 1. The SMILES string of the molecule is CC(C)(C)OC(=O)NC1CCN(S(=O)(=O)Cc2ccccc2)CC1. The molecule has 1 aromatic carbocycles. The van der Waals surface area contributed by atoms with E-state index in [-0.39, 0.29) is 11.8 Å². The topological polar surface area (TPSA) is 75.7 Å². The highest BCUT2D eigenvalue weighted by Gasteiger charge is 2.29. The Kier molecular flexibility index (Phi) is 5.87. The Morgan fingerprint density at radius 3 is 2.33 bits per heavy atom. The number of nitrogens with one attached hydrogen (secondary N) is 1. The van der Waals surface area contributed by atoms with Crippen LogP contribution in [0.3, 0.4) is 0 Å². The van der Waals surface area contributed by atoms with Crippen molar-refractivity contribution in [2.75, 3.05) is 13.1 Å². The predicted octanol–water partition coefficient (Wildman–Crippen LogP) is 2.51. The van der Waals surface area contributed by atoms with Crippen LogP contribution in [-0.4, -0.2) is 43.5 Å². The molecule has 1 N–H and O–H groups in total. The summed E-state index contributed by atoms with van der Waals surface area (Å²) in [5, 5.41) is 2.81. The molecule has 24 heavy (non-hydrogen) atoms. The summed E-state index contributed by atoms with van der Waals surface area (Å²) in [6.45, 7) is 6.26. The van der Waals surface area contributed by atoms with Crippen LogP contribution in [0, 0.1) is 0 Å². The highest BCUT2D eigenvalue weighted by atomic mass is 32.2. The van der Waals surface area contributed by atoms with Gasteiger partial charge in [-0.1, -0.05) is 30.3 Å². The Hall–Kier alpha value is -1.60. The third-order valence-corrected chi connectivity index (χ3v) is 5.61. The number of carbonyl (C=O) groups is 1. The van der Waals surface area contributed by atoms with Crippen molar-refractivity contribution in [3.63, 3.8) is 0 Å². The number of nitrogens with zero attached hydrogens (tertiary/aromatic N) is 1. The van der Waals surface area contributed by atoms with Crippen molar-refractivity contribution in [2.24, 2.45) is 0 Å². The average molecular weight is 354 g/mol. The third kappa shape index (κ3) is 5.79. The number of ether oxygens (including phenoxy) is 1. The first kappa shape index (κ1) is 18.7. The van der Waals surface area contributed by atoms with Crippen LogP contribution in [0.25, 0.3) is 0 Å². The zero-order valence-corrected chi connectivity index (χ0v) is 15.3. The van der Waals surface area contributed by atoms with Crippen LogP contribution in [0.5, 0.6) is 0 Å². The van der Waals surface area contributed by atoms with Gasteiger partial charge in [0, 0.05) is 19.1 Å². The van der Waals surface area contributed by atoms with Gasteiger partial charge in [-0.25, -0.2) is 17.5 Å². The van der Waals surface area contributed by atoms with Crippen LogP contribution in [-0.2, 0) is 20.5 Å². The number of hydrogen-bond acceptors (Lipinski definition) is 4. The lowest BCUT2D eigenvalue weighted by molar-refractivity contribution is 0.0489. The van der Waals surface area contributed by atoms with E-state index in [9.17, 15) is 13.2 Å². The quantitative estimate of drug-likeness (QED) is 0.901. The van der Waals surface area contributed by atoms with Crippen molar-refractivity contribution in [1.82, 2.24) is 9.62 Å². The maximum absolute atomic E-state index is 12.5. The molecule has 1 aliphatic heterocycles. The molecule has 2 rings (SSSR count). The number of alkyl carbamates (subject to hydrolysis) is 1. The molecular formula is C17H26N2O4S. The summed E-state index contributed by atoms with van der Waals surface area (Å²) in [5.41, 5.74) is 0.246. The van der Waals surface area contributed by atoms with Crippen molar-refractivity contribution in [3.8, 4) is 0 Å². The summed E-state index contributed by atoms with van der Waals surface area (Å²) < 4.78 is 31.7. The molecule has 0 bridgehead atoms. The fraction of sp³-hybridized carbons (Fsp3) is 0.588. The van der Waals surface area contributed by atoms with Crippen LogP contribution in [0.4, 0.5) is 4.79 Å². The molecule has 134 valence electrons. The maximum atomic E-state index is 12.5. The molecule has 6 nitrogen and oxygen atoms in total. The van der Waals surface area contributed by atoms with E-state index < -0.39 is 21.7 Å². The third-order valence-electron chi connectivity index (χ3n) is 3.76. The lowest BCUT2D eigenvalue weighted by atomic mass is 10.1. The normalized spacial score (nSPS) is 17.5. The van der Waals surface area contributed by atoms with Crippen LogP contribution in [0.2, 0.25) is 0 Å². The Morgan fingerprint density at radius 1 is 1.21 bits per heavy atom. The second-order valence-electron chi connectivity index (χ2n) is 7.06. The summed E-state index contributed by atoms with van der Waals surface area (Å²) in [7, 11) is -3.33. The first-order valence-electron chi connectivity index (χ1n) is 8.17. The van der Waals surface area contributed by atoms with Gasteiger partial charge in [-0.3, -0.25) is 0 Å². The van der Waals surface area contributed by atoms with Gasteiger partial charge in [-0.15, -0.1) is 0 Å². The van der Waals surface area contributed by atoms with Crippen LogP contribution >= 0.6 is 0 Å². The maximum Gasteiger partial charge on any atom is 0.407 e. The molecule has 0 unspecified atom stereocenters. The Balaban J connectivity index is 1.85. The summed E-state index contributed by atoms with van der Waals surface area (Å²) in [6, 6.07) is 9.11. The fourth-order valence-corrected chi connectivity index (χ4v) is 4.19. The molecule has 1 saturated heterocycles. The molecule has 0 aromatic heterocycles. The number of sulfonamides is 1. The highest BCUT2D eigenvalue weighted by Crippen LogP contribution is 2.18. The lowest BCUT2D eigenvalue weighted by Crippen LogP contribution is -2.47. The van der Waals surface area contributed by atoms with Gasteiger partial charge >= 0.3 is 6.09 Å². The van der Waals surface area contributed by atoms with Gasteiger partial charge in [0.1, 0.15) is 5.60 Å². The lowest BCUT2D eigenvalue weighted by Gasteiger charge is -2.32. The molecule has 1 fully saturated rings. The highest BCUT2D eigenvalue weighted by molar-refractivity contribution is 7.88. The van der Waals surface area contributed by atoms with Crippen LogP contribution in [0.15, 0.2) is 30.3 Å². The fourth-order valence-electron chi connectivity index (χ4n) is 2.63. The second-order valence-corrected chi connectivity index (χ2v) is 9.03. The van der Waals surface area contributed by atoms with E-state index in [0.717, 1.165) is 5.56 Å². The van der Waals surface area contributed by atoms with E-state index in [4.69, 9.17) is 4.74 Å². The van der Waals surface area contributed by atoms with Crippen molar-refractivity contribution >= 4 is 16.1 Å². The van der Waals surface area contributed by atoms with Crippen LogP contribution < -0.4 is 5.32 Å². The molecule has 1 aromatic rings. The predicted molar refractivity (Wildman–Crippen MR) is 93.0 cm³/mol. The van der Waals surface area contributed by atoms with Gasteiger partial charge in [0.15, 0.2) is 0 Å². The van der Waals surface area contributed by atoms with E-state index in [1.54, 1.807) is 0 Å². The number of rotatable bonds is 4. The van der Waals surface area contributed by atoms with Crippen molar-refractivity contribution in [2.45, 2.75) is 51.0 Å². The van der Waals surface area contributed by atoms with Gasteiger partial charge in [-0.05, 0) is 39.2 Å². The zero-order valence-electron chi connectivity index (χ0n) is 14.5. The number of amides is 1. The molecule has 1 aliphatic rings. The first-order valence-corrected chi connectivity index (χ1v) is 9.78. The van der Waals surface area contributed by atoms with E-state index in [1.807, 2.05) is 51.1 Å². The standard InChI is InChI=1S/C17H26N2O4S/c1-17(2,3)23-16(20)18-15-9-11-19(12-10-15)24(21,22)13-14-7-5-4-6-8-14/h4-8,15H,9-13H2,1-3H3,(H,18,20). The Bertz CT molecular complexity index is 645. The molecule has 0 saturated carbocycles. The summed E-state index contributed by atoms with van der Waals surface area (Å²) >= 11 is 0. The smallest absolute Gasteiger partial charge is 0.407 e. The molecule has 1 amide bonds. The summed E-state index contributed by atoms with van der Waals surface area (Å²) in [4.78, 5) is 11.8. The molecule has 1 heterocycles. The van der Waals surface area contributed by atoms with E-state index in [0.29, 0.717) is 25.9 Å². The van der Waals surface area contributed by atoms with Crippen LogP contribution in [0.1, 0.15) is 39.2 Å². The van der Waals surface area contributed by atoms with Gasteiger partial charge in [-0.2, -0.15) is 0 Å². The molecule has 0 atom stereocenters. The van der Waals surface area contributed by atoms with E-state index in [1.165, 1.54) is 4.31 Å². The Labute approximate surface area is 144 Å². The van der Waals surface area contributed by atoms with E-state index in [2.05, 4.69) is 5.32 Å². The molecule has 7 heteroatoms. The van der Waals surface area contributed by atoms with Gasteiger partial charge in [0.25, 0.3) is 0 Å². The summed E-state index contributed by atoms with van der Waals surface area (Å²) in [5.74, 6) is 0.0119. The largest absolute Gasteiger partial charge is 0.444 e. The monoisotopic (exact) mass is 354 g/mol. The minimum Gasteiger partial charge on any atom is -0.444 e. The number of carbonyl (C=O) groups excluding carboxylic acids is 1. The van der Waals surface area contributed by atoms with Gasteiger partial charge in [0.05, 0.1) is 5.75 Å². The average Bonchev–Trinajstić information content (AvgIpc) is 2.46. The van der Waals surface area contributed by atoms with Crippen molar-refractivity contribution in [3.05, 3.63) is 35.9 Å². The summed E-state index contributed by atoms with van der Waals surface area (Å²) in [6.07, 6.45) is 0.730. The molecule has 0 aliphatic carbocycles. The molecule has 0 radical (unpaired) electrons. The second kappa shape index (κ2) is 7.53. The zero-order chi connectivity index (χ0) is 17.8. The minimum atomic E-state index is -3.33. The number of hydrogen-bond donors (Lipinski definition) is 1. The van der Waals surface area contributed by atoms with Gasteiger partial charge in [0.2, 0.25) is 10.0 Å². The first-order chi connectivity index (χ1) is 11.2.